The molecule has 2 rings (SSSR count). The van der Waals surface area contributed by atoms with E-state index in [9.17, 15) is 4.79 Å². The molecule has 0 aliphatic heterocycles. The second-order valence-corrected chi connectivity index (χ2v) is 4.91. The summed E-state index contributed by atoms with van der Waals surface area (Å²) in [6.07, 6.45) is 5.24. The number of aromatic nitrogens is 2. The summed E-state index contributed by atoms with van der Waals surface area (Å²) < 4.78 is 2.68. The molecule has 1 heterocycles. The Morgan fingerprint density at radius 3 is 3.00 bits per heavy atom. The average Bonchev–Trinajstić information content (AvgIpc) is 2.73. The van der Waals surface area contributed by atoms with Gasteiger partial charge in [0.25, 0.3) is 0 Å². The van der Waals surface area contributed by atoms with Gasteiger partial charge in [-0.25, -0.2) is 0 Å². The lowest BCUT2D eigenvalue weighted by molar-refractivity contribution is -0.143. The van der Waals surface area contributed by atoms with Crippen LogP contribution in [0.1, 0.15) is 25.3 Å². The molecule has 0 amide bonds. The summed E-state index contributed by atoms with van der Waals surface area (Å²) in [5, 5.41) is 13.1. The van der Waals surface area contributed by atoms with Crippen LogP contribution in [0.3, 0.4) is 0 Å². The largest absolute Gasteiger partial charge is 0.480 e. The molecule has 1 aliphatic carbocycles. The SMILES string of the molecule is NC1(C(=O)O)CCC(n2cc(Br)cn2)C1. The van der Waals surface area contributed by atoms with Crippen LogP contribution >= 0.6 is 15.9 Å². The third-order valence-electron chi connectivity index (χ3n) is 2.89. The van der Waals surface area contributed by atoms with Crippen LogP contribution in [-0.4, -0.2) is 26.4 Å². The van der Waals surface area contributed by atoms with Gasteiger partial charge in [-0.2, -0.15) is 5.10 Å². The first-order valence-electron chi connectivity index (χ1n) is 4.73. The van der Waals surface area contributed by atoms with Crippen molar-refractivity contribution in [1.29, 1.82) is 0 Å². The predicted octanol–water partition coefficient (Wildman–Crippen LogP) is 1.15. The summed E-state index contributed by atoms with van der Waals surface area (Å²) >= 11 is 3.31. The van der Waals surface area contributed by atoms with Crippen LogP contribution in [0.2, 0.25) is 0 Å². The highest BCUT2D eigenvalue weighted by Crippen LogP contribution is 2.36. The first-order chi connectivity index (χ1) is 7.01. The Labute approximate surface area is 95.4 Å². The molecule has 1 aliphatic rings. The molecule has 0 saturated heterocycles. The van der Waals surface area contributed by atoms with Crippen molar-refractivity contribution in [2.24, 2.45) is 5.73 Å². The molecule has 1 aromatic heterocycles. The summed E-state index contributed by atoms with van der Waals surface area (Å²) in [5.41, 5.74) is 4.70. The van der Waals surface area contributed by atoms with Gasteiger partial charge in [0.05, 0.1) is 16.7 Å². The molecular formula is C9H12BrN3O2. The number of carbonyl (C=O) groups is 1. The van der Waals surface area contributed by atoms with Gasteiger partial charge in [-0.1, -0.05) is 0 Å². The molecule has 0 aromatic carbocycles. The molecule has 0 spiro atoms. The Morgan fingerprint density at radius 1 is 1.80 bits per heavy atom. The highest BCUT2D eigenvalue weighted by Gasteiger charge is 2.42. The first-order valence-corrected chi connectivity index (χ1v) is 5.52. The maximum absolute atomic E-state index is 10.9. The smallest absolute Gasteiger partial charge is 0.323 e. The summed E-state index contributed by atoms with van der Waals surface area (Å²) in [5.74, 6) is -0.920. The second kappa shape index (κ2) is 3.61. The van der Waals surface area contributed by atoms with Crippen molar-refractivity contribution in [3.05, 3.63) is 16.9 Å². The molecule has 1 fully saturated rings. The summed E-state index contributed by atoms with van der Waals surface area (Å²) in [7, 11) is 0. The fourth-order valence-corrected chi connectivity index (χ4v) is 2.28. The van der Waals surface area contributed by atoms with Crippen LogP contribution in [-0.2, 0) is 4.79 Å². The van der Waals surface area contributed by atoms with Crippen molar-refractivity contribution in [3.63, 3.8) is 0 Å². The Kier molecular flexibility index (Phi) is 2.56. The highest BCUT2D eigenvalue weighted by molar-refractivity contribution is 9.10. The van der Waals surface area contributed by atoms with Gasteiger partial charge in [-0.15, -0.1) is 0 Å². The third-order valence-corrected chi connectivity index (χ3v) is 3.30. The van der Waals surface area contributed by atoms with Crippen molar-refractivity contribution < 1.29 is 9.90 Å². The lowest BCUT2D eigenvalue weighted by Crippen LogP contribution is -2.45. The van der Waals surface area contributed by atoms with E-state index in [1.165, 1.54) is 0 Å². The molecule has 2 unspecified atom stereocenters. The number of halogens is 1. The maximum atomic E-state index is 10.9. The monoisotopic (exact) mass is 273 g/mol. The molecule has 15 heavy (non-hydrogen) atoms. The molecule has 6 heteroatoms. The van der Waals surface area contributed by atoms with Crippen molar-refractivity contribution in [1.82, 2.24) is 9.78 Å². The fourth-order valence-electron chi connectivity index (χ4n) is 1.98. The van der Waals surface area contributed by atoms with Crippen molar-refractivity contribution in [2.45, 2.75) is 30.8 Å². The first kappa shape index (κ1) is 10.6. The molecular weight excluding hydrogens is 262 g/mol. The Morgan fingerprint density at radius 2 is 2.53 bits per heavy atom. The van der Waals surface area contributed by atoms with Crippen LogP contribution < -0.4 is 5.73 Å². The maximum Gasteiger partial charge on any atom is 0.323 e. The topological polar surface area (TPSA) is 81.1 Å². The van der Waals surface area contributed by atoms with Crippen LogP contribution in [0.5, 0.6) is 0 Å². The number of rotatable bonds is 2. The standard InChI is InChI=1S/C9H12BrN3O2/c10-6-4-12-13(5-6)7-1-2-9(11,3-7)8(14)15/h4-5,7H,1-3,11H2,(H,14,15). The molecule has 2 atom stereocenters. The third kappa shape index (κ3) is 1.91. The van der Waals surface area contributed by atoms with Crippen LogP contribution in [0, 0.1) is 0 Å². The normalized spacial score (nSPS) is 30.7. The number of carboxylic acid groups (broad SMARTS) is 1. The van der Waals surface area contributed by atoms with E-state index >= 15 is 0 Å². The van der Waals surface area contributed by atoms with Crippen LogP contribution in [0.25, 0.3) is 0 Å². The van der Waals surface area contributed by atoms with Crippen LogP contribution in [0.15, 0.2) is 16.9 Å². The van der Waals surface area contributed by atoms with Gasteiger partial charge in [-0.3, -0.25) is 9.48 Å². The fraction of sp³-hybridized carbons (Fsp3) is 0.556. The summed E-state index contributed by atoms with van der Waals surface area (Å²) in [6.45, 7) is 0. The van der Waals surface area contributed by atoms with E-state index in [0.717, 1.165) is 10.9 Å². The van der Waals surface area contributed by atoms with Gasteiger partial charge in [-0.05, 0) is 35.2 Å². The van der Waals surface area contributed by atoms with Gasteiger partial charge < -0.3 is 10.8 Å². The predicted molar refractivity (Wildman–Crippen MR) is 57.4 cm³/mol. The number of nitrogens with zero attached hydrogens (tertiary/aromatic N) is 2. The second-order valence-electron chi connectivity index (χ2n) is 4.00. The van der Waals surface area contributed by atoms with E-state index in [4.69, 9.17) is 10.8 Å². The number of carboxylic acids is 1. The Hall–Kier alpha value is -0.880. The lowest BCUT2D eigenvalue weighted by atomic mass is 9.99. The van der Waals surface area contributed by atoms with Gasteiger partial charge in [0.2, 0.25) is 0 Å². The minimum absolute atomic E-state index is 0.0948. The van der Waals surface area contributed by atoms with E-state index in [1.807, 2.05) is 6.20 Å². The molecule has 1 aromatic rings. The van der Waals surface area contributed by atoms with Gasteiger partial charge in [0.1, 0.15) is 5.54 Å². The minimum atomic E-state index is -1.08. The van der Waals surface area contributed by atoms with E-state index < -0.39 is 11.5 Å². The van der Waals surface area contributed by atoms with Crippen molar-refractivity contribution in [3.8, 4) is 0 Å². The summed E-state index contributed by atoms with van der Waals surface area (Å²) in [4.78, 5) is 10.9. The van der Waals surface area contributed by atoms with E-state index in [-0.39, 0.29) is 6.04 Å². The highest BCUT2D eigenvalue weighted by atomic mass is 79.9. The average molecular weight is 274 g/mol. The zero-order valence-electron chi connectivity index (χ0n) is 8.06. The molecule has 1 saturated carbocycles. The number of hydrogen-bond acceptors (Lipinski definition) is 3. The number of nitrogens with two attached hydrogens (primary N) is 1. The summed E-state index contributed by atoms with van der Waals surface area (Å²) in [6, 6.07) is 0.0948. The van der Waals surface area contributed by atoms with Crippen molar-refractivity contribution >= 4 is 21.9 Å². The van der Waals surface area contributed by atoms with Crippen LogP contribution in [0.4, 0.5) is 0 Å². The van der Waals surface area contributed by atoms with E-state index in [1.54, 1.807) is 10.9 Å². The van der Waals surface area contributed by atoms with E-state index in [2.05, 4.69) is 21.0 Å². The molecule has 0 radical (unpaired) electrons. The van der Waals surface area contributed by atoms with Gasteiger partial charge >= 0.3 is 5.97 Å². The van der Waals surface area contributed by atoms with Gasteiger partial charge in [0.15, 0.2) is 0 Å². The molecule has 5 nitrogen and oxygen atoms in total. The quantitative estimate of drug-likeness (QED) is 0.847. The molecule has 3 N–H and O–H groups in total. The molecule has 0 bridgehead atoms. The van der Waals surface area contributed by atoms with Crippen molar-refractivity contribution in [2.75, 3.05) is 0 Å². The molecule has 82 valence electrons. The Bertz CT molecular complexity index is 392. The Balaban J connectivity index is 2.14. The zero-order chi connectivity index (χ0) is 11.1. The van der Waals surface area contributed by atoms with Gasteiger partial charge in [0, 0.05) is 6.20 Å². The van der Waals surface area contributed by atoms with E-state index in [0.29, 0.717) is 12.8 Å². The minimum Gasteiger partial charge on any atom is -0.480 e. The lowest BCUT2D eigenvalue weighted by Gasteiger charge is -2.18. The number of hydrogen-bond donors (Lipinski definition) is 2. The number of aliphatic carboxylic acids is 1. The zero-order valence-corrected chi connectivity index (χ0v) is 9.64.